The summed E-state index contributed by atoms with van der Waals surface area (Å²) in [4.78, 5) is 50.9. The second kappa shape index (κ2) is 6.99. The van der Waals surface area contributed by atoms with Crippen LogP contribution in [0.15, 0.2) is 27.9 Å². The zero-order chi connectivity index (χ0) is 17.9. The second-order valence-corrected chi connectivity index (χ2v) is 5.14. The molecule has 2 aromatic rings. The Balaban J connectivity index is 2.31. The summed E-state index contributed by atoms with van der Waals surface area (Å²) in [6, 6.07) is 3.09. The molecule has 2 rings (SSSR count). The number of aromatic amines is 1. The van der Waals surface area contributed by atoms with Gasteiger partial charge >= 0.3 is 11.7 Å². The number of hydrogen-bond acceptors (Lipinski definition) is 6. The molecule has 0 bridgehead atoms. The first kappa shape index (κ1) is 17.3. The maximum Gasteiger partial charge on any atom is 0.355 e. The van der Waals surface area contributed by atoms with E-state index in [9.17, 15) is 19.2 Å². The number of nitrogens with zero attached hydrogens (tertiary/aromatic N) is 2. The van der Waals surface area contributed by atoms with E-state index in [4.69, 9.17) is 10.5 Å². The molecule has 0 aromatic carbocycles. The summed E-state index contributed by atoms with van der Waals surface area (Å²) in [6.45, 7) is 1.44. The molecule has 2 heterocycles. The number of aromatic nitrogens is 3. The molecule has 0 amide bonds. The quantitative estimate of drug-likeness (QED) is 0.561. The summed E-state index contributed by atoms with van der Waals surface area (Å²) in [6.07, 6.45) is 2.13. The number of ether oxygens (including phenoxy) is 1. The highest BCUT2D eigenvalue weighted by Crippen LogP contribution is 2.07. The Bertz CT molecular complexity index is 876. The highest BCUT2D eigenvalue weighted by atomic mass is 16.5. The molecule has 0 saturated heterocycles. The first-order chi connectivity index (χ1) is 11.4. The number of nitrogens with two attached hydrogens (primary N) is 1. The molecule has 128 valence electrons. The standard InChI is InChI=1S/C15H18N4O5/c1-3-7-19-12(16)11(13(21)18(2)15(19)23)10(20)8-24-14(22)9-5-4-6-17-9/h4-6,17H,3,7-8,16H2,1-2H3. The van der Waals surface area contributed by atoms with E-state index in [-0.39, 0.29) is 23.6 Å². The lowest BCUT2D eigenvalue weighted by molar-refractivity contribution is 0.0469. The summed E-state index contributed by atoms with van der Waals surface area (Å²) < 4.78 is 6.84. The summed E-state index contributed by atoms with van der Waals surface area (Å²) in [5, 5.41) is 0. The van der Waals surface area contributed by atoms with Crippen molar-refractivity contribution in [2.75, 3.05) is 12.3 Å². The lowest BCUT2D eigenvalue weighted by atomic mass is 10.2. The Kier molecular flexibility index (Phi) is 5.02. The van der Waals surface area contributed by atoms with E-state index in [1.165, 1.54) is 19.3 Å². The number of carbonyl (C=O) groups is 2. The Morgan fingerprint density at radius 2 is 2.04 bits per heavy atom. The fraction of sp³-hybridized carbons (Fsp3) is 0.333. The molecule has 0 fully saturated rings. The second-order valence-electron chi connectivity index (χ2n) is 5.14. The van der Waals surface area contributed by atoms with Gasteiger partial charge in [0.2, 0.25) is 5.78 Å². The highest BCUT2D eigenvalue weighted by Gasteiger charge is 2.22. The van der Waals surface area contributed by atoms with Crippen molar-refractivity contribution in [2.24, 2.45) is 7.05 Å². The Labute approximate surface area is 136 Å². The molecule has 0 radical (unpaired) electrons. The van der Waals surface area contributed by atoms with Crippen LogP contribution in [0, 0.1) is 0 Å². The van der Waals surface area contributed by atoms with Gasteiger partial charge in [-0.25, -0.2) is 9.59 Å². The van der Waals surface area contributed by atoms with Crippen molar-refractivity contribution in [2.45, 2.75) is 19.9 Å². The van der Waals surface area contributed by atoms with Gasteiger partial charge in [0.15, 0.2) is 6.61 Å². The van der Waals surface area contributed by atoms with Crippen LogP contribution in [0.1, 0.15) is 34.2 Å². The number of carbonyl (C=O) groups excluding carboxylic acids is 2. The maximum absolute atomic E-state index is 12.3. The van der Waals surface area contributed by atoms with Gasteiger partial charge in [0.05, 0.1) is 0 Å². The van der Waals surface area contributed by atoms with Crippen LogP contribution in [0.25, 0.3) is 0 Å². The number of Topliss-reactive ketones (excluding diaryl/α,β-unsaturated/α-hetero) is 1. The molecular formula is C15H18N4O5. The predicted molar refractivity (Wildman–Crippen MR) is 86.1 cm³/mol. The smallest absolute Gasteiger partial charge is 0.355 e. The largest absolute Gasteiger partial charge is 0.453 e. The monoisotopic (exact) mass is 334 g/mol. The Hall–Kier alpha value is -3.10. The molecule has 3 N–H and O–H groups in total. The van der Waals surface area contributed by atoms with Crippen LogP contribution in [0.2, 0.25) is 0 Å². The lowest BCUT2D eigenvalue weighted by Gasteiger charge is -2.13. The van der Waals surface area contributed by atoms with Crippen molar-refractivity contribution in [3.63, 3.8) is 0 Å². The third-order valence-corrected chi connectivity index (χ3v) is 3.46. The van der Waals surface area contributed by atoms with Crippen molar-refractivity contribution in [1.82, 2.24) is 14.1 Å². The average Bonchev–Trinajstić information content (AvgIpc) is 3.09. The van der Waals surface area contributed by atoms with E-state index in [0.29, 0.717) is 6.42 Å². The summed E-state index contributed by atoms with van der Waals surface area (Å²) in [7, 11) is 1.26. The minimum absolute atomic E-state index is 0.180. The SMILES string of the molecule is CCCn1c(N)c(C(=O)COC(=O)c2ccc[nH]2)c(=O)n(C)c1=O. The first-order valence-corrected chi connectivity index (χ1v) is 7.31. The number of H-pyrrole nitrogens is 1. The fourth-order valence-electron chi connectivity index (χ4n) is 2.22. The van der Waals surface area contributed by atoms with Crippen molar-refractivity contribution in [3.05, 3.63) is 50.4 Å². The molecule has 24 heavy (non-hydrogen) atoms. The number of rotatable bonds is 6. The van der Waals surface area contributed by atoms with Gasteiger partial charge in [-0.2, -0.15) is 0 Å². The molecule has 0 aliphatic carbocycles. The number of hydrogen-bond donors (Lipinski definition) is 2. The molecule has 0 aliphatic heterocycles. The van der Waals surface area contributed by atoms with E-state index in [0.717, 1.165) is 9.13 Å². The summed E-state index contributed by atoms with van der Waals surface area (Å²) in [5.41, 5.74) is 4.24. The van der Waals surface area contributed by atoms with Crippen molar-refractivity contribution in [1.29, 1.82) is 0 Å². The van der Waals surface area contributed by atoms with E-state index in [1.807, 2.05) is 6.92 Å². The normalized spacial score (nSPS) is 10.6. The van der Waals surface area contributed by atoms with Gasteiger partial charge in [-0.15, -0.1) is 0 Å². The van der Waals surface area contributed by atoms with Crippen LogP contribution in [-0.2, 0) is 18.3 Å². The van der Waals surface area contributed by atoms with Crippen LogP contribution in [0.4, 0.5) is 5.82 Å². The van der Waals surface area contributed by atoms with Gasteiger partial charge in [-0.1, -0.05) is 6.92 Å². The highest BCUT2D eigenvalue weighted by molar-refractivity contribution is 6.02. The number of anilines is 1. The van der Waals surface area contributed by atoms with Gasteiger partial charge in [-0.05, 0) is 18.6 Å². The van der Waals surface area contributed by atoms with Crippen LogP contribution < -0.4 is 17.0 Å². The molecule has 0 atom stereocenters. The third-order valence-electron chi connectivity index (χ3n) is 3.46. The van der Waals surface area contributed by atoms with Gasteiger partial charge in [0.25, 0.3) is 5.56 Å². The van der Waals surface area contributed by atoms with E-state index in [2.05, 4.69) is 4.98 Å². The van der Waals surface area contributed by atoms with Gasteiger partial charge in [0, 0.05) is 19.8 Å². The first-order valence-electron chi connectivity index (χ1n) is 7.31. The molecule has 9 nitrogen and oxygen atoms in total. The van der Waals surface area contributed by atoms with E-state index in [1.54, 1.807) is 6.07 Å². The third kappa shape index (κ3) is 3.14. The van der Waals surface area contributed by atoms with Gasteiger partial charge in [0.1, 0.15) is 17.1 Å². The Morgan fingerprint density at radius 1 is 1.33 bits per heavy atom. The minimum Gasteiger partial charge on any atom is -0.453 e. The van der Waals surface area contributed by atoms with Crippen molar-refractivity contribution in [3.8, 4) is 0 Å². The topological polar surface area (TPSA) is 129 Å². The zero-order valence-corrected chi connectivity index (χ0v) is 13.4. The average molecular weight is 334 g/mol. The van der Waals surface area contributed by atoms with Crippen molar-refractivity contribution >= 4 is 17.6 Å². The number of nitrogens with one attached hydrogen (secondary N) is 1. The number of nitrogen functional groups attached to an aromatic ring is 1. The molecule has 0 spiro atoms. The van der Waals surface area contributed by atoms with E-state index >= 15 is 0 Å². The predicted octanol–water partition coefficient (Wildman–Crippen LogP) is -0.0930. The Morgan fingerprint density at radius 3 is 2.62 bits per heavy atom. The summed E-state index contributed by atoms with van der Waals surface area (Å²) >= 11 is 0. The van der Waals surface area contributed by atoms with Crippen LogP contribution in [-0.4, -0.2) is 32.5 Å². The molecule has 0 unspecified atom stereocenters. The molecule has 9 heteroatoms. The van der Waals surface area contributed by atoms with Gasteiger partial charge < -0.3 is 15.5 Å². The van der Waals surface area contributed by atoms with Gasteiger partial charge in [-0.3, -0.25) is 18.7 Å². The molecule has 0 aliphatic rings. The molecular weight excluding hydrogens is 316 g/mol. The van der Waals surface area contributed by atoms with Crippen molar-refractivity contribution < 1.29 is 14.3 Å². The lowest BCUT2D eigenvalue weighted by Crippen LogP contribution is -2.43. The molecule has 0 saturated carbocycles. The van der Waals surface area contributed by atoms with Crippen LogP contribution in [0.3, 0.4) is 0 Å². The summed E-state index contributed by atoms with van der Waals surface area (Å²) in [5.74, 6) is -1.71. The molecule has 2 aromatic heterocycles. The number of ketones is 1. The fourth-order valence-corrected chi connectivity index (χ4v) is 2.22. The zero-order valence-electron chi connectivity index (χ0n) is 13.4. The maximum atomic E-state index is 12.3. The van der Waals surface area contributed by atoms with Crippen LogP contribution in [0.5, 0.6) is 0 Å². The van der Waals surface area contributed by atoms with E-state index < -0.39 is 29.6 Å². The number of esters is 1. The minimum atomic E-state index is -0.814. The van der Waals surface area contributed by atoms with Crippen LogP contribution >= 0.6 is 0 Å².